The topological polar surface area (TPSA) is 81.9 Å². The van der Waals surface area contributed by atoms with E-state index in [-0.39, 0.29) is 16.8 Å². The molecule has 1 aliphatic heterocycles. The molecule has 0 N–H and O–H groups in total. The summed E-state index contributed by atoms with van der Waals surface area (Å²) in [6.07, 6.45) is 0. The van der Waals surface area contributed by atoms with E-state index in [1.165, 1.54) is 23.3 Å². The third-order valence-corrected chi connectivity index (χ3v) is 6.82. The van der Waals surface area contributed by atoms with Crippen molar-refractivity contribution < 1.29 is 18.7 Å². The average Bonchev–Trinajstić information content (AvgIpc) is 3.34. The number of carbonyl (C=O) groups excluding carboxylic acids is 1. The van der Waals surface area contributed by atoms with Crippen molar-refractivity contribution in [3.63, 3.8) is 0 Å². The molecule has 9 heteroatoms. The first-order chi connectivity index (χ1) is 15.4. The van der Waals surface area contributed by atoms with E-state index < -0.39 is 11.9 Å². The molecule has 0 bridgehead atoms. The monoisotopic (exact) mass is 512 g/mol. The quantitative estimate of drug-likeness (QED) is 0.378. The lowest BCUT2D eigenvalue weighted by atomic mass is 9.98. The van der Waals surface area contributed by atoms with Gasteiger partial charge in [-0.05, 0) is 42.8 Å². The van der Waals surface area contributed by atoms with Crippen LogP contribution >= 0.6 is 27.3 Å². The van der Waals surface area contributed by atoms with Gasteiger partial charge in [-0.25, -0.2) is 4.98 Å². The normalized spacial score (nSPS) is 15.3. The number of carbonyl (C=O) groups is 1. The predicted molar refractivity (Wildman–Crippen MR) is 125 cm³/mol. The van der Waals surface area contributed by atoms with Crippen LogP contribution in [-0.2, 0) is 0 Å². The van der Waals surface area contributed by atoms with E-state index in [4.69, 9.17) is 13.9 Å². The zero-order valence-electron chi connectivity index (χ0n) is 17.3. The average molecular weight is 513 g/mol. The van der Waals surface area contributed by atoms with Crippen molar-refractivity contribution in [1.29, 1.82) is 0 Å². The van der Waals surface area contributed by atoms with Gasteiger partial charge in [0.1, 0.15) is 5.58 Å². The van der Waals surface area contributed by atoms with Crippen LogP contribution in [0, 0.1) is 6.92 Å². The van der Waals surface area contributed by atoms with Gasteiger partial charge in [-0.15, -0.1) is 11.3 Å². The zero-order valence-corrected chi connectivity index (χ0v) is 19.7. The van der Waals surface area contributed by atoms with Crippen LogP contribution in [-0.4, -0.2) is 25.1 Å². The molecular weight excluding hydrogens is 496 g/mol. The van der Waals surface area contributed by atoms with E-state index >= 15 is 0 Å². The highest BCUT2D eigenvalue weighted by molar-refractivity contribution is 9.10. The molecule has 2 aromatic heterocycles. The van der Waals surface area contributed by atoms with Crippen molar-refractivity contribution in [1.82, 2.24) is 4.98 Å². The zero-order chi connectivity index (χ0) is 22.6. The summed E-state index contributed by atoms with van der Waals surface area (Å²) >= 11 is 4.75. The Balaban J connectivity index is 1.81. The van der Waals surface area contributed by atoms with Crippen molar-refractivity contribution >= 4 is 49.3 Å². The van der Waals surface area contributed by atoms with Gasteiger partial charge in [-0.2, -0.15) is 0 Å². The predicted octanol–water partition coefficient (Wildman–Crippen LogP) is 5.09. The Morgan fingerprint density at radius 3 is 2.56 bits per heavy atom. The number of hydrogen-bond donors (Lipinski definition) is 0. The van der Waals surface area contributed by atoms with Crippen LogP contribution in [0.5, 0.6) is 11.5 Å². The maximum Gasteiger partial charge on any atom is 0.297 e. The fraction of sp³-hybridized carbons (Fsp3) is 0.174. The number of benzene rings is 2. The van der Waals surface area contributed by atoms with Gasteiger partial charge < -0.3 is 13.9 Å². The smallest absolute Gasteiger partial charge is 0.297 e. The SMILES string of the molecule is COc1ccc(C2c3c(oc4ccc(Br)cc4c3=O)C(=O)N2c2nc(C)cs2)cc1OC. The summed E-state index contributed by atoms with van der Waals surface area (Å²) in [5.41, 5.74) is 1.85. The standard InChI is InChI=1S/C23H17BrN2O5S/c1-11-10-32-23(25-11)26-19(12-4-6-16(29-2)17(8-12)30-3)18-20(27)14-9-13(24)5-7-15(14)31-21(18)22(26)28/h4-10,19H,1-3H3. The first kappa shape index (κ1) is 20.7. The van der Waals surface area contributed by atoms with E-state index in [0.717, 1.165) is 10.2 Å². The Kier molecular flexibility index (Phi) is 5.02. The molecule has 0 radical (unpaired) electrons. The molecular formula is C23H17BrN2O5S. The lowest BCUT2D eigenvalue weighted by molar-refractivity contribution is 0.0971. The van der Waals surface area contributed by atoms with Gasteiger partial charge in [0.05, 0.1) is 36.9 Å². The number of fused-ring (bicyclic) bond motifs is 2. The van der Waals surface area contributed by atoms with E-state index in [9.17, 15) is 9.59 Å². The molecule has 0 saturated heterocycles. The molecule has 162 valence electrons. The molecule has 0 aliphatic carbocycles. The summed E-state index contributed by atoms with van der Waals surface area (Å²) in [7, 11) is 3.09. The van der Waals surface area contributed by atoms with Crippen LogP contribution in [0.1, 0.15) is 33.4 Å². The second-order valence-corrected chi connectivity index (χ2v) is 9.03. The summed E-state index contributed by atoms with van der Waals surface area (Å²) < 4.78 is 17.5. The molecule has 1 unspecified atom stereocenters. The first-order valence-corrected chi connectivity index (χ1v) is 11.3. The maximum atomic E-state index is 13.6. The third-order valence-electron chi connectivity index (χ3n) is 5.37. The van der Waals surface area contributed by atoms with Crippen molar-refractivity contribution in [2.45, 2.75) is 13.0 Å². The van der Waals surface area contributed by atoms with Crippen molar-refractivity contribution in [3.05, 3.63) is 79.1 Å². The minimum Gasteiger partial charge on any atom is -0.493 e. The van der Waals surface area contributed by atoms with Gasteiger partial charge >= 0.3 is 0 Å². The van der Waals surface area contributed by atoms with Crippen molar-refractivity contribution in [2.24, 2.45) is 0 Å². The largest absolute Gasteiger partial charge is 0.493 e. The number of rotatable bonds is 4. The molecule has 5 rings (SSSR count). The Labute approximate surface area is 195 Å². The van der Waals surface area contributed by atoms with Gasteiger partial charge in [-0.1, -0.05) is 22.0 Å². The molecule has 2 aromatic carbocycles. The molecule has 0 spiro atoms. The summed E-state index contributed by atoms with van der Waals surface area (Å²) in [5, 5.41) is 2.75. The molecule has 32 heavy (non-hydrogen) atoms. The van der Waals surface area contributed by atoms with Gasteiger partial charge in [0.2, 0.25) is 5.76 Å². The highest BCUT2D eigenvalue weighted by Crippen LogP contribution is 2.44. The number of aromatic nitrogens is 1. The van der Waals surface area contributed by atoms with Crippen LogP contribution in [0.4, 0.5) is 5.13 Å². The number of anilines is 1. The summed E-state index contributed by atoms with van der Waals surface area (Å²) in [5.74, 6) is 0.662. The van der Waals surface area contributed by atoms with E-state index in [0.29, 0.717) is 33.2 Å². The second kappa shape index (κ2) is 7.75. The van der Waals surface area contributed by atoms with Gasteiger partial charge in [0, 0.05) is 9.85 Å². The van der Waals surface area contributed by atoms with Crippen molar-refractivity contribution in [3.8, 4) is 11.5 Å². The molecule has 1 aliphatic rings. The number of methoxy groups -OCH3 is 2. The Hall–Kier alpha value is -3.17. The number of amides is 1. The highest BCUT2D eigenvalue weighted by Gasteiger charge is 2.45. The summed E-state index contributed by atoms with van der Waals surface area (Å²) in [6, 6.07) is 9.76. The number of aryl methyl sites for hydroxylation is 1. The Morgan fingerprint density at radius 2 is 1.88 bits per heavy atom. The number of thiazole rings is 1. The molecule has 1 amide bonds. The van der Waals surface area contributed by atoms with Gasteiger partial charge in [0.15, 0.2) is 22.1 Å². The van der Waals surface area contributed by atoms with Crippen LogP contribution < -0.4 is 19.8 Å². The Morgan fingerprint density at radius 1 is 1.09 bits per heavy atom. The van der Waals surface area contributed by atoms with E-state index in [1.54, 1.807) is 37.4 Å². The first-order valence-electron chi connectivity index (χ1n) is 9.66. The van der Waals surface area contributed by atoms with Crippen molar-refractivity contribution in [2.75, 3.05) is 19.1 Å². The molecule has 3 heterocycles. The molecule has 0 saturated carbocycles. The minimum absolute atomic E-state index is 0.0254. The third kappa shape index (κ3) is 3.11. The maximum absolute atomic E-state index is 13.6. The summed E-state index contributed by atoms with van der Waals surface area (Å²) in [4.78, 5) is 33.2. The lowest BCUT2D eigenvalue weighted by Crippen LogP contribution is -2.29. The number of nitrogens with zero attached hydrogens (tertiary/aromatic N) is 2. The van der Waals surface area contributed by atoms with E-state index in [1.807, 2.05) is 18.4 Å². The fourth-order valence-electron chi connectivity index (χ4n) is 3.93. The molecule has 4 aromatic rings. The lowest BCUT2D eigenvalue weighted by Gasteiger charge is -2.23. The van der Waals surface area contributed by atoms with Crippen LogP contribution in [0.25, 0.3) is 11.0 Å². The Bertz CT molecular complexity index is 1440. The van der Waals surface area contributed by atoms with Gasteiger partial charge in [-0.3, -0.25) is 14.5 Å². The van der Waals surface area contributed by atoms with Gasteiger partial charge in [0.25, 0.3) is 5.91 Å². The van der Waals surface area contributed by atoms with Crippen LogP contribution in [0.15, 0.2) is 55.5 Å². The number of hydrogen-bond acceptors (Lipinski definition) is 7. The highest BCUT2D eigenvalue weighted by atomic mass is 79.9. The molecule has 7 nitrogen and oxygen atoms in total. The minimum atomic E-state index is -0.720. The van der Waals surface area contributed by atoms with Crippen LogP contribution in [0.3, 0.4) is 0 Å². The molecule has 0 fully saturated rings. The summed E-state index contributed by atoms with van der Waals surface area (Å²) in [6.45, 7) is 1.86. The number of halogens is 1. The molecule has 1 atom stereocenters. The fourth-order valence-corrected chi connectivity index (χ4v) is 5.12. The second-order valence-electron chi connectivity index (χ2n) is 7.28. The number of ether oxygens (including phenoxy) is 2. The van der Waals surface area contributed by atoms with E-state index in [2.05, 4.69) is 20.9 Å². The van der Waals surface area contributed by atoms with Crippen LogP contribution in [0.2, 0.25) is 0 Å².